The molecular weight excluding hydrogens is 325 g/mol. The number of hydrogen-bond donors (Lipinski definition) is 2. The van der Waals surface area contributed by atoms with Crippen LogP contribution in [0.4, 0.5) is 10.2 Å². The van der Waals surface area contributed by atoms with Crippen molar-refractivity contribution in [2.45, 2.75) is 6.92 Å². The lowest BCUT2D eigenvalue weighted by Crippen LogP contribution is -2.28. The summed E-state index contributed by atoms with van der Waals surface area (Å²) in [6.45, 7) is 1.66. The number of anilines is 1. The zero-order valence-corrected chi connectivity index (χ0v) is 13.2. The number of benzene rings is 1. The summed E-state index contributed by atoms with van der Waals surface area (Å²) in [6, 6.07) is 9.80. The molecule has 3 aromatic rings. The Hall–Kier alpha value is -3.48. The standard InChI is InChI=1S/C18H14FN3O3/c1-11-9-16(20-10-15(11)23)21-17(24)14-3-2-8-22(18(14)25)13-6-4-12(19)5-7-13/h2-10,23H,1H3,(H,20,21,24). The van der Waals surface area contributed by atoms with Gasteiger partial charge in [-0.05, 0) is 55.0 Å². The number of carbonyl (C=O) groups excluding carboxylic acids is 1. The normalized spacial score (nSPS) is 10.5. The number of nitrogens with zero attached hydrogens (tertiary/aromatic N) is 2. The number of aromatic hydroxyl groups is 1. The lowest BCUT2D eigenvalue weighted by molar-refractivity contribution is 0.102. The highest BCUT2D eigenvalue weighted by Gasteiger charge is 2.14. The Morgan fingerprint density at radius 3 is 2.64 bits per heavy atom. The molecule has 0 unspecified atom stereocenters. The Morgan fingerprint density at radius 2 is 1.96 bits per heavy atom. The average Bonchev–Trinajstić information content (AvgIpc) is 2.59. The number of hydrogen-bond acceptors (Lipinski definition) is 4. The molecule has 126 valence electrons. The number of nitrogens with one attached hydrogen (secondary N) is 1. The zero-order valence-electron chi connectivity index (χ0n) is 13.2. The molecule has 0 atom stereocenters. The topological polar surface area (TPSA) is 84.2 Å². The predicted molar refractivity (Wildman–Crippen MR) is 90.6 cm³/mol. The van der Waals surface area contributed by atoms with Gasteiger partial charge >= 0.3 is 0 Å². The summed E-state index contributed by atoms with van der Waals surface area (Å²) < 4.78 is 14.3. The minimum Gasteiger partial charge on any atom is -0.506 e. The van der Waals surface area contributed by atoms with E-state index < -0.39 is 17.3 Å². The van der Waals surface area contributed by atoms with Gasteiger partial charge in [-0.15, -0.1) is 0 Å². The Balaban J connectivity index is 1.93. The van der Waals surface area contributed by atoms with Gasteiger partial charge in [0.05, 0.1) is 6.20 Å². The van der Waals surface area contributed by atoms with Gasteiger partial charge in [0.25, 0.3) is 11.5 Å². The maximum atomic E-state index is 13.0. The van der Waals surface area contributed by atoms with Crippen LogP contribution in [0.3, 0.4) is 0 Å². The van der Waals surface area contributed by atoms with Gasteiger partial charge < -0.3 is 10.4 Å². The second-order valence-electron chi connectivity index (χ2n) is 5.38. The number of carbonyl (C=O) groups is 1. The minimum absolute atomic E-state index is 0.0105. The second-order valence-corrected chi connectivity index (χ2v) is 5.38. The third kappa shape index (κ3) is 3.40. The molecule has 0 spiro atoms. The molecule has 7 heteroatoms. The molecule has 1 amide bonds. The number of amides is 1. The van der Waals surface area contributed by atoms with Crippen molar-refractivity contribution in [2.75, 3.05) is 5.32 Å². The summed E-state index contributed by atoms with van der Waals surface area (Å²) in [7, 11) is 0. The van der Waals surface area contributed by atoms with E-state index in [2.05, 4.69) is 10.3 Å². The summed E-state index contributed by atoms with van der Waals surface area (Å²) in [6.07, 6.45) is 2.71. The molecule has 0 saturated heterocycles. The van der Waals surface area contributed by atoms with Gasteiger partial charge in [-0.2, -0.15) is 0 Å². The molecule has 1 aromatic carbocycles. The summed E-state index contributed by atoms with van der Waals surface area (Å²) in [4.78, 5) is 28.8. The van der Waals surface area contributed by atoms with Crippen LogP contribution in [0, 0.1) is 12.7 Å². The SMILES string of the molecule is Cc1cc(NC(=O)c2cccn(-c3ccc(F)cc3)c2=O)ncc1O. The molecule has 0 aliphatic carbocycles. The second kappa shape index (κ2) is 6.56. The van der Waals surface area contributed by atoms with Crippen LogP contribution in [0.15, 0.2) is 59.7 Å². The van der Waals surface area contributed by atoms with Crippen LogP contribution in [0.5, 0.6) is 5.75 Å². The molecule has 2 aromatic heterocycles. The van der Waals surface area contributed by atoms with E-state index in [0.717, 1.165) is 0 Å². The fraction of sp³-hybridized carbons (Fsp3) is 0.0556. The zero-order chi connectivity index (χ0) is 18.0. The number of aryl methyl sites for hydroxylation is 1. The van der Waals surface area contributed by atoms with Gasteiger partial charge in [-0.3, -0.25) is 14.2 Å². The third-order valence-corrected chi connectivity index (χ3v) is 3.62. The average molecular weight is 339 g/mol. The fourth-order valence-electron chi connectivity index (χ4n) is 2.27. The van der Waals surface area contributed by atoms with Crippen LogP contribution in [-0.4, -0.2) is 20.6 Å². The van der Waals surface area contributed by atoms with E-state index in [1.54, 1.807) is 13.0 Å². The van der Waals surface area contributed by atoms with Gasteiger partial charge in [0.2, 0.25) is 0 Å². The predicted octanol–water partition coefficient (Wildman–Crippen LogP) is 2.64. The first kappa shape index (κ1) is 16.4. The smallest absolute Gasteiger partial charge is 0.267 e. The molecule has 0 aliphatic rings. The van der Waals surface area contributed by atoms with Crippen molar-refractivity contribution < 1.29 is 14.3 Å². The number of rotatable bonds is 3. The van der Waals surface area contributed by atoms with Crippen LogP contribution < -0.4 is 10.9 Å². The molecule has 6 nitrogen and oxygen atoms in total. The largest absolute Gasteiger partial charge is 0.506 e. The van der Waals surface area contributed by atoms with Crippen molar-refractivity contribution in [2.24, 2.45) is 0 Å². The molecule has 0 saturated carbocycles. The Labute approximate surface area is 142 Å². The Morgan fingerprint density at radius 1 is 1.24 bits per heavy atom. The van der Waals surface area contributed by atoms with Crippen molar-refractivity contribution >= 4 is 11.7 Å². The van der Waals surface area contributed by atoms with Crippen LogP contribution in [0.25, 0.3) is 5.69 Å². The fourth-order valence-corrected chi connectivity index (χ4v) is 2.27. The molecule has 2 heterocycles. The van der Waals surface area contributed by atoms with Crippen molar-refractivity contribution in [1.82, 2.24) is 9.55 Å². The first-order valence-electron chi connectivity index (χ1n) is 7.40. The Bertz CT molecular complexity index is 997. The molecule has 0 aliphatic heterocycles. The van der Waals surface area contributed by atoms with Crippen LogP contribution >= 0.6 is 0 Å². The maximum absolute atomic E-state index is 13.0. The molecular formula is C18H14FN3O3. The highest BCUT2D eigenvalue weighted by atomic mass is 19.1. The lowest BCUT2D eigenvalue weighted by Gasteiger charge is -2.09. The van der Waals surface area contributed by atoms with E-state index in [-0.39, 0.29) is 17.1 Å². The number of halogens is 1. The summed E-state index contributed by atoms with van der Waals surface area (Å²) >= 11 is 0. The van der Waals surface area contributed by atoms with Gasteiger partial charge in [0, 0.05) is 11.9 Å². The summed E-state index contributed by atoms with van der Waals surface area (Å²) in [5.41, 5.74) is 0.364. The van der Waals surface area contributed by atoms with E-state index in [1.165, 1.54) is 53.4 Å². The molecule has 25 heavy (non-hydrogen) atoms. The monoisotopic (exact) mass is 339 g/mol. The van der Waals surface area contributed by atoms with Crippen molar-refractivity contribution in [3.63, 3.8) is 0 Å². The van der Waals surface area contributed by atoms with E-state index in [9.17, 15) is 19.1 Å². The number of pyridine rings is 2. The first-order chi connectivity index (χ1) is 12.0. The van der Waals surface area contributed by atoms with E-state index in [0.29, 0.717) is 11.3 Å². The lowest BCUT2D eigenvalue weighted by atomic mass is 10.2. The van der Waals surface area contributed by atoms with Gasteiger partial charge in [0.1, 0.15) is 22.9 Å². The van der Waals surface area contributed by atoms with Crippen molar-refractivity contribution in [3.8, 4) is 11.4 Å². The van der Waals surface area contributed by atoms with Gasteiger partial charge in [-0.25, -0.2) is 9.37 Å². The molecule has 0 radical (unpaired) electrons. The molecule has 0 bridgehead atoms. The minimum atomic E-state index is -0.626. The third-order valence-electron chi connectivity index (χ3n) is 3.62. The molecule has 2 N–H and O–H groups in total. The Kier molecular flexibility index (Phi) is 4.30. The van der Waals surface area contributed by atoms with E-state index in [4.69, 9.17) is 0 Å². The van der Waals surface area contributed by atoms with Gasteiger partial charge in [-0.1, -0.05) is 0 Å². The first-order valence-corrected chi connectivity index (χ1v) is 7.40. The van der Waals surface area contributed by atoms with Crippen molar-refractivity contribution in [1.29, 1.82) is 0 Å². The summed E-state index contributed by atoms with van der Waals surface area (Å²) in [5, 5.41) is 12.0. The molecule has 0 fully saturated rings. The van der Waals surface area contributed by atoms with Gasteiger partial charge in [0.15, 0.2) is 0 Å². The van der Waals surface area contributed by atoms with Crippen molar-refractivity contribution in [3.05, 3.63) is 82.2 Å². The van der Waals surface area contributed by atoms with E-state index in [1.807, 2.05) is 0 Å². The number of aromatic nitrogens is 2. The highest BCUT2D eigenvalue weighted by Crippen LogP contribution is 2.17. The molecule has 3 rings (SSSR count). The summed E-state index contributed by atoms with van der Waals surface area (Å²) in [5.74, 6) is -0.813. The van der Waals surface area contributed by atoms with E-state index >= 15 is 0 Å². The van der Waals surface area contributed by atoms with Crippen LogP contribution in [0.1, 0.15) is 15.9 Å². The highest BCUT2D eigenvalue weighted by molar-refractivity contribution is 6.03. The van der Waals surface area contributed by atoms with Crippen LogP contribution in [-0.2, 0) is 0 Å². The quantitative estimate of drug-likeness (QED) is 0.768. The maximum Gasteiger partial charge on any atom is 0.267 e. The van der Waals surface area contributed by atoms with Crippen LogP contribution in [0.2, 0.25) is 0 Å².